The zero-order valence-electron chi connectivity index (χ0n) is 2.92. The minimum Gasteiger partial charge on any atom is -2.00 e. The van der Waals surface area contributed by atoms with Crippen LogP contribution < -0.4 is 0 Å². The van der Waals surface area contributed by atoms with E-state index in [2.05, 4.69) is 0 Å². The first kappa shape index (κ1) is 15.8. The molecular formula is CH2CaO3S. The van der Waals surface area contributed by atoms with Crippen LogP contribution in [-0.4, -0.2) is 54.1 Å². The minimum absolute atomic E-state index is 0. The van der Waals surface area contributed by atoms with Crippen molar-refractivity contribution in [1.29, 1.82) is 0 Å². The van der Waals surface area contributed by atoms with Gasteiger partial charge in [-0.15, -0.1) is 0 Å². The Bertz CT molecular complexity index is 33.8. The summed E-state index contributed by atoms with van der Waals surface area (Å²) in [5.41, 5.74) is 0. The van der Waals surface area contributed by atoms with Gasteiger partial charge in [-0.25, -0.2) is 4.79 Å². The second kappa shape index (κ2) is 9.30. The normalized spacial score (nSPS) is 4.00. The van der Waals surface area contributed by atoms with Gasteiger partial charge < -0.3 is 23.7 Å². The van der Waals surface area contributed by atoms with Crippen molar-refractivity contribution in [2.45, 2.75) is 0 Å². The van der Waals surface area contributed by atoms with E-state index in [1.807, 2.05) is 0 Å². The van der Waals surface area contributed by atoms with Crippen LogP contribution in [0.25, 0.3) is 0 Å². The fraction of sp³-hybridized carbons (Fsp3) is 0. The van der Waals surface area contributed by atoms with Gasteiger partial charge in [0.15, 0.2) is 0 Å². The number of carboxylic acid groups (broad SMARTS) is 2. The summed E-state index contributed by atoms with van der Waals surface area (Å²) in [5.74, 6) is 0. The molecule has 6 heavy (non-hydrogen) atoms. The molecule has 0 bridgehead atoms. The predicted molar refractivity (Wildman–Crippen MR) is 23.8 cm³/mol. The maximum atomic E-state index is 8.56. The van der Waals surface area contributed by atoms with Crippen molar-refractivity contribution in [3.05, 3.63) is 0 Å². The molecule has 0 amide bonds. The SMILES string of the molecule is O=C(O)O.[Ca+2].[S-2]. The van der Waals surface area contributed by atoms with Gasteiger partial charge in [-0.2, -0.15) is 0 Å². The second-order valence-corrected chi connectivity index (χ2v) is 0.283. The average molecular weight is 134 g/mol. The van der Waals surface area contributed by atoms with Gasteiger partial charge >= 0.3 is 43.9 Å². The van der Waals surface area contributed by atoms with E-state index < -0.39 is 6.16 Å². The summed E-state index contributed by atoms with van der Waals surface area (Å²) in [6, 6.07) is 0. The number of carbonyl (C=O) groups is 1. The molecule has 0 aromatic carbocycles. The first-order valence-corrected chi connectivity index (χ1v) is 0.651. The molecule has 0 spiro atoms. The fourth-order valence-corrected chi connectivity index (χ4v) is 0. The van der Waals surface area contributed by atoms with Crippen LogP contribution in [0, 0.1) is 0 Å². The van der Waals surface area contributed by atoms with E-state index in [9.17, 15) is 0 Å². The third-order valence-corrected chi connectivity index (χ3v) is 0. The van der Waals surface area contributed by atoms with Crippen LogP contribution in [0.3, 0.4) is 0 Å². The smallest absolute Gasteiger partial charge is 2.00 e. The Morgan fingerprint density at radius 3 is 1.33 bits per heavy atom. The Balaban J connectivity index is -0.0000000450. The van der Waals surface area contributed by atoms with Gasteiger partial charge in [0, 0.05) is 0 Å². The fourth-order valence-electron chi connectivity index (χ4n) is 0. The summed E-state index contributed by atoms with van der Waals surface area (Å²) >= 11 is 0. The molecule has 0 atom stereocenters. The quantitative estimate of drug-likeness (QED) is 0.452. The van der Waals surface area contributed by atoms with Crippen LogP contribution in [0.4, 0.5) is 4.79 Å². The van der Waals surface area contributed by atoms with Crippen LogP contribution in [0.2, 0.25) is 0 Å². The van der Waals surface area contributed by atoms with Crippen molar-refractivity contribution in [2.24, 2.45) is 0 Å². The van der Waals surface area contributed by atoms with Gasteiger partial charge in [-0.1, -0.05) is 0 Å². The van der Waals surface area contributed by atoms with Gasteiger partial charge in [0.2, 0.25) is 0 Å². The van der Waals surface area contributed by atoms with Crippen LogP contribution in [-0.2, 0) is 13.5 Å². The summed E-state index contributed by atoms with van der Waals surface area (Å²) in [6.07, 6.45) is -1.83. The number of rotatable bonds is 0. The summed E-state index contributed by atoms with van der Waals surface area (Å²) in [6.45, 7) is 0. The molecular weight excluding hydrogens is 132 g/mol. The first-order chi connectivity index (χ1) is 1.73. The van der Waals surface area contributed by atoms with E-state index in [1.165, 1.54) is 0 Å². The zero-order valence-corrected chi connectivity index (χ0v) is 5.94. The van der Waals surface area contributed by atoms with Crippen LogP contribution in [0.15, 0.2) is 0 Å². The van der Waals surface area contributed by atoms with E-state index in [1.54, 1.807) is 0 Å². The van der Waals surface area contributed by atoms with Crippen molar-refractivity contribution in [2.75, 3.05) is 0 Å². The van der Waals surface area contributed by atoms with Crippen LogP contribution in [0.1, 0.15) is 0 Å². The largest absolute Gasteiger partial charge is 2.00 e. The summed E-state index contributed by atoms with van der Waals surface area (Å²) in [7, 11) is 0. The topological polar surface area (TPSA) is 57.5 Å². The maximum Gasteiger partial charge on any atom is 2.00 e. The van der Waals surface area contributed by atoms with E-state index >= 15 is 0 Å². The standard InChI is InChI=1S/CH2O3.Ca.S/c2-1(3)4;;/h(H2,2,3,4);;/q;+2;-2. The number of hydrogen-bond acceptors (Lipinski definition) is 1. The molecule has 0 unspecified atom stereocenters. The van der Waals surface area contributed by atoms with E-state index in [4.69, 9.17) is 15.0 Å². The van der Waals surface area contributed by atoms with Gasteiger partial charge in [0.05, 0.1) is 0 Å². The molecule has 0 rings (SSSR count). The molecule has 0 aliphatic heterocycles. The van der Waals surface area contributed by atoms with Gasteiger partial charge in [0.1, 0.15) is 0 Å². The predicted octanol–water partition coefficient (Wildman–Crippen LogP) is -0.161. The maximum absolute atomic E-state index is 8.56. The van der Waals surface area contributed by atoms with E-state index in [-0.39, 0.29) is 51.2 Å². The monoisotopic (exact) mass is 134 g/mol. The third-order valence-electron chi connectivity index (χ3n) is 0. The zero-order chi connectivity index (χ0) is 3.58. The average Bonchev–Trinajstić information content (AvgIpc) is 0.811. The Kier molecular flexibility index (Phi) is 24.5. The molecule has 5 heteroatoms. The molecule has 2 N–H and O–H groups in total. The van der Waals surface area contributed by atoms with E-state index in [0.29, 0.717) is 0 Å². The molecule has 0 saturated heterocycles. The van der Waals surface area contributed by atoms with Gasteiger partial charge in [-0.05, 0) is 0 Å². The number of hydrogen-bond donors (Lipinski definition) is 2. The van der Waals surface area contributed by atoms with E-state index in [0.717, 1.165) is 0 Å². The summed E-state index contributed by atoms with van der Waals surface area (Å²) in [4.78, 5) is 8.56. The molecule has 0 aromatic heterocycles. The molecule has 0 heterocycles. The van der Waals surface area contributed by atoms with Gasteiger partial charge in [-0.3, -0.25) is 0 Å². The van der Waals surface area contributed by atoms with Crippen molar-refractivity contribution in [1.82, 2.24) is 0 Å². The van der Waals surface area contributed by atoms with Crippen molar-refractivity contribution in [3.63, 3.8) is 0 Å². The van der Waals surface area contributed by atoms with Crippen LogP contribution >= 0.6 is 0 Å². The Hall–Kier alpha value is 0.880. The minimum atomic E-state index is -1.83. The van der Waals surface area contributed by atoms with Crippen molar-refractivity contribution in [3.8, 4) is 0 Å². The van der Waals surface area contributed by atoms with Gasteiger partial charge in [0.25, 0.3) is 0 Å². The van der Waals surface area contributed by atoms with Crippen LogP contribution in [0.5, 0.6) is 0 Å². The Morgan fingerprint density at radius 2 is 1.33 bits per heavy atom. The molecule has 0 aromatic rings. The molecule has 0 aliphatic rings. The second-order valence-electron chi connectivity index (χ2n) is 0.283. The Labute approximate surface area is 71.8 Å². The molecule has 0 aliphatic carbocycles. The van der Waals surface area contributed by atoms with Crippen molar-refractivity contribution >= 4 is 57.4 Å². The summed E-state index contributed by atoms with van der Waals surface area (Å²) in [5, 5.41) is 13.9. The molecule has 32 valence electrons. The molecule has 0 radical (unpaired) electrons. The molecule has 0 fully saturated rings. The van der Waals surface area contributed by atoms with Crippen molar-refractivity contribution < 1.29 is 15.0 Å². The summed E-state index contributed by atoms with van der Waals surface area (Å²) < 4.78 is 0. The third kappa shape index (κ3) is 94.9. The first-order valence-electron chi connectivity index (χ1n) is 0.651. The Morgan fingerprint density at radius 1 is 1.33 bits per heavy atom. The molecule has 3 nitrogen and oxygen atoms in total. The molecule has 0 saturated carbocycles.